The Morgan fingerprint density at radius 1 is 1.22 bits per heavy atom. The van der Waals surface area contributed by atoms with Crippen LogP contribution in [0, 0.1) is 6.92 Å². The van der Waals surface area contributed by atoms with E-state index in [2.05, 4.69) is 15.2 Å². The van der Waals surface area contributed by atoms with Gasteiger partial charge in [-0.25, -0.2) is 0 Å². The minimum absolute atomic E-state index is 0.137. The molecular formula is C18H21N3O2. The van der Waals surface area contributed by atoms with Crippen LogP contribution in [0.5, 0.6) is 0 Å². The SMILES string of the molecule is Cc1ccncc1NC(=O)c1ccc(N2CCC(O)CC2)cc1. The second-order valence-electron chi connectivity index (χ2n) is 5.91. The molecule has 1 aliphatic rings. The fourth-order valence-corrected chi connectivity index (χ4v) is 2.74. The molecule has 1 aliphatic heterocycles. The molecule has 0 spiro atoms. The van der Waals surface area contributed by atoms with Gasteiger partial charge in [0.25, 0.3) is 5.91 Å². The zero-order valence-electron chi connectivity index (χ0n) is 13.2. The number of aromatic nitrogens is 1. The topological polar surface area (TPSA) is 65.5 Å². The number of hydrogen-bond donors (Lipinski definition) is 2. The van der Waals surface area contributed by atoms with Crippen LogP contribution in [0.15, 0.2) is 42.7 Å². The molecule has 3 rings (SSSR count). The van der Waals surface area contributed by atoms with E-state index in [9.17, 15) is 9.90 Å². The fourth-order valence-electron chi connectivity index (χ4n) is 2.74. The lowest BCUT2D eigenvalue weighted by Crippen LogP contribution is -2.35. The monoisotopic (exact) mass is 311 g/mol. The van der Waals surface area contributed by atoms with Crippen LogP contribution in [0.1, 0.15) is 28.8 Å². The second kappa shape index (κ2) is 6.79. The maximum atomic E-state index is 12.3. The third-order valence-corrected chi connectivity index (χ3v) is 4.25. The Morgan fingerprint density at radius 2 is 1.91 bits per heavy atom. The van der Waals surface area contributed by atoms with Crippen molar-refractivity contribution in [3.8, 4) is 0 Å². The first kappa shape index (κ1) is 15.5. The predicted molar refractivity (Wildman–Crippen MR) is 90.8 cm³/mol. The summed E-state index contributed by atoms with van der Waals surface area (Å²) in [6.45, 7) is 3.63. The van der Waals surface area contributed by atoms with E-state index in [0.717, 1.165) is 42.9 Å². The Morgan fingerprint density at radius 3 is 2.57 bits per heavy atom. The molecule has 0 atom stereocenters. The average molecular weight is 311 g/mol. The predicted octanol–water partition coefficient (Wildman–Crippen LogP) is 2.60. The summed E-state index contributed by atoms with van der Waals surface area (Å²) in [5.74, 6) is -0.137. The van der Waals surface area contributed by atoms with E-state index < -0.39 is 0 Å². The molecule has 23 heavy (non-hydrogen) atoms. The molecule has 0 radical (unpaired) electrons. The summed E-state index contributed by atoms with van der Waals surface area (Å²) in [5.41, 5.74) is 3.42. The number of amides is 1. The van der Waals surface area contributed by atoms with Crippen molar-refractivity contribution in [1.29, 1.82) is 0 Å². The molecule has 0 unspecified atom stereocenters. The molecule has 2 N–H and O–H groups in total. The molecular weight excluding hydrogens is 290 g/mol. The Kier molecular flexibility index (Phi) is 4.57. The van der Waals surface area contributed by atoms with Crippen LogP contribution in [0.25, 0.3) is 0 Å². The van der Waals surface area contributed by atoms with Gasteiger partial charge in [0.15, 0.2) is 0 Å². The van der Waals surface area contributed by atoms with Crippen molar-refractivity contribution >= 4 is 17.3 Å². The molecule has 0 bridgehead atoms. The number of benzene rings is 1. The van der Waals surface area contributed by atoms with Gasteiger partial charge < -0.3 is 15.3 Å². The number of carbonyl (C=O) groups excluding carboxylic acids is 1. The van der Waals surface area contributed by atoms with Gasteiger partial charge in [-0.2, -0.15) is 0 Å². The molecule has 120 valence electrons. The normalized spacial score (nSPS) is 15.5. The number of aryl methyl sites for hydroxylation is 1. The molecule has 1 fully saturated rings. The number of carbonyl (C=O) groups is 1. The summed E-state index contributed by atoms with van der Waals surface area (Å²) < 4.78 is 0. The lowest BCUT2D eigenvalue weighted by atomic mass is 10.1. The van der Waals surface area contributed by atoms with Gasteiger partial charge in [0.1, 0.15) is 0 Å². The molecule has 2 aromatic rings. The van der Waals surface area contributed by atoms with Gasteiger partial charge in [-0.05, 0) is 55.7 Å². The minimum atomic E-state index is -0.181. The van der Waals surface area contributed by atoms with Crippen molar-refractivity contribution in [2.75, 3.05) is 23.3 Å². The maximum Gasteiger partial charge on any atom is 0.255 e. The summed E-state index contributed by atoms with van der Waals surface area (Å²) in [4.78, 5) is 18.6. The fraction of sp³-hybridized carbons (Fsp3) is 0.333. The van der Waals surface area contributed by atoms with Crippen LogP contribution in [0.3, 0.4) is 0 Å². The maximum absolute atomic E-state index is 12.3. The van der Waals surface area contributed by atoms with E-state index in [1.165, 1.54) is 0 Å². The molecule has 2 heterocycles. The standard InChI is InChI=1S/C18H21N3O2/c1-13-6-9-19-12-17(13)20-18(23)14-2-4-15(5-3-14)21-10-7-16(22)8-11-21/h2-6,9,12,16,22H,7-8,10-11H2,1H3,(H,20,23). The smallest absolute Gasteiger partial charge is 0.255 e. The lowest BCUT2D eigenvalue weighted by molar-refractivity contribution is 0.102. The van der Waals surface area contributed by atoms with Gasteiger partial charge in [0.05, 0.1) is 18.0 Å². The first-order valence-electron chi connectivity index (χ1n) is 7.88. The molecule has 1 aromatic heterocycles. The highest BCUT2D eigenvalue weighted by Crippen LogP contribution is 2.21. The highest BCUT2D eigenvalue weighted by Gasteiger charge is 2.17. The summed E-state index contributed by atoms with van der Waals surface area (Å²) >= 11 is 0. The van der Waals surface area contributed by atoms with Crippen molar-refractivity contribution in [3.63, 3.8) is 0 Å². The van der Waals surface area contributed by atoms with Crippen LogP contribution in [0.4, 0.5) is 11.4 Å². The van der Waals surface area contributed by atoms with E-state index in [4.69, 9.17) is 0 Å². The Bertz CT molecular complexity index is 677. The molecule has 5 nitrogen and oxygen atoms in total. The van der Waals surface area contributed by atoms with E-state index in [0.29, 0.717) is 5.56 Å². The van der Waals surface area contributed by atoms with Crippen molar-refractivity contribution in [1.82, 2.24) is 4.98 Å². The largest absolute Gasteiger partial charge is 0.393 e. The van der Waals surface area contributed by atoms with Gasteiger partial charge in [-0.1, -0.05) is 0 Å². The van der Waals surface area contributed by atoms with E-state index in [1.807, 2.05) is 37.3 Å². The Hall–Kier alpha value is -2.40. The number of anilines is 2. The molecule has 0 saturated carbocycles. The molecule has 1 saturated heterocycles. The van der Waals surface area contributed by atoms with Gasteiger partial charge in [0, 0.05) is 30.5 Å². The van der Waals surface area contributed by atoms with Crippen LogP contribution >= 0.6 is 0 Å². The number of aliphatic hydroxyl groups excluding tert-OH is 1. The van der Waals surface area contributed by atoms with Crippen LogP contribution < -0.4 is 10.2 Å². The van der Waals surface area contributed by atoms with Crippen molar-refractivity contribution in [2.24, 2.45) is 0 Å². The van der Waals surface area contributed by atoms with Gasteiger partial charge in [-0.3, -0.25) is 9.78 Å². The first-order chi connectivity index (χ1) is 11.1. The second-order valence-corrected chi connectivity index (χ2v) is 5.91. The molecule has 5 heteroatoms. The van der Waals surface area contributed by atoms with Crippen LogP contribution in [0.2, 0.25) is 0 Å². The molecule has 1 amide bonds. The van der Waals surface area contributed by atoms with Gasteiger partial charge >= 0.3 is 0 Å². The number of pyridine rings is 1. The first-order valence-corrected chi connectivity index (χ1v) is 7.88. The third-order valence-electron chi connectivity index (χ3n) is 4.25. The number of nitrogens with one attached hydrogen (secondary N) is 1. The highest BCUT2D eigenvalue weighted by atomic mass is 16.3. The minimum Gasteiger partial charge on any atom is -0.393 e. The van der Waals surface area contributed by atoms with Gasteiger partial charge in [-0.15, -0.1) is 0 Å². The van der Waals surface area contributed by atoms with Gasteiger partial charge in [0.2, 0.25) is 0 Å². The summed E-state index contributed by atoms with van der Waals surface area (Å²) in [6.07, 6.45) is 4.76. The van der Waals surface area contributed by atoms with Crippen molar-refractivity contribution in [3.05, 3.63) is 53.9 Å². The number of rotatable bonds is 3. The Balaban J connectivity index is 1.67. The van der Waals surface area contributed by atoms with Crippen LogP contribution in [-0.2, 0) is 0 Å². The van der Waals surface area contributed by atoms with Crippen molar-refractivity contribution < 1.29 is 9.90 Å². The zero-order chi connectivity index (χ0) is 16.2. The third kappa shape index (κ3) is 3.68. The number of piperidine rings is 1. The molecule has 0 aliphatic carbocycles. The summed E-state index contributed by atoms with van der Waals surface area (Å²) in [6, 6.07) is 9.46. The van der Waals surface area contributed by atoms with E-state index in [-0.39, 0.29) is 12.0 Å². The van der Waals surface area contributed by atoms with Crippen LogP contribution in [-0.4, -0.2) is 35.2 Å². The van der Waals surface area contributed by atoms with E-state index >= 15 is 0 Å². The highest BCUT2D eigenvalue weighted by molar-refractivity contribution is 6.04. The number of hydrogen-bond acceptors (Lipinski definition) is 4. The lowest BCUT2D eigenvalue weighted by Gasteiger charge is -2.31. The summed E-state index contributed by atoms with van der Waals surface area (Å²) in [5, 5.41) is 12.5. The summed E-state index contributed by atoms with van der Waals surface area (Å²) in [7, 11) is 0. The number of nitrogens with zero attached hydrogens (tertiary/aromatic N) is 2. The molecule has 1 aromatic carbocycles. The Labute approximate surface area is 136 Å². The zero-order valence-corrected chi connectivity index (χ0v) is 13.2. The van der Waals surface area contributed by atoms with E-state index in [1.54, 1.807) is 12.4 Å². The van der Waals surface area contributed by atoms with Crippen molar-refractivity contribution in [2.45, 2.75) is 25.9 Å². The quantitative estimate of drug-likeness (QED) is 0.914. The average Bonchev–Trinajstić information content (AvgIpc) is 2.58. The number of aliphatic hydroxyl groups is 1.